The first kappa shape index (κ1) is 13.4. The molecule has 2 nitrogen and oxygen atoms in total. The Morgan fingerprint density at radius 2 is 1.35 bits per heavy atom. The molecule has 0 aromatic heterocycles. The van der Waals surface area contributed by atoms with Crippen molar-refractivity contribution in [2.75, 3.05) is 13.2 Å². The minimum absolute atomic E-state index is 0.112. The summed E-state index contributed by atoms with van der Waals surface area (Å²) in [6.07, 6.45) is 0. The molecule has 1 fully saturated rings. The molecule has 1 aliphatic rings. The lowest BCUT2D eigenvalue weighted by atomic mass is 9.75. The summed E-state index contributed by atoms with van der Waals surface area (Å²) in [5.74, 6) is 0. The number of rotatable bonds is 2. The molecule has 0 amide bonds. The van der Waals surface area contributed by atoms with E-state index in [0.29, 0.717) is 0 Å². The van der Waals surface area contributed by atoms with E-state index < -0.39 is 0 Å². The van der Waals surface area contributed by atoms with Gasteiger partial charge in [-0.25, -0.2) is 0 Å². The summed E-state index contributed by atoms with van der Waals surface area (Å²) in [5.41, 5.74) is 3.64. The van der Waals surface area contributed by atoms with E-state index in [9.17, 15) is 0 Å². The Balaban J connectivity index is 1.74. The molecular weight excluding hydrogens is 247 g/mol. The van der Waals surface area contributed by atoms with Crippen molar-refractivity contribution >= 4 is 12.6 Å². The molecule has 1 heterocycles. The van der Waals surface area contributed by atoms with Crippen LogP contribution in [0.3, 0.4) is 0 Å². The fraction of sp³-hybridized carbons (Fsp3) is 0.294. The van der Waals surface area contributed by atoms with Gasteiger partial charge in [-0.3, -0.25) is 0 Å². The Morgan fingerprint density at radius 1 is 0.800 bits per heavy atom. The van der Waals surface area contributed by atoms with Gasteiger partial charge in [0.1, 0.15) is 0 Å². The molecule has 1 aliphatic heterocycles. The van der Waals surface area contributed by atoms with Crippen LogP contribution in [0.1, 0.15) is 13.8 Å². The molecule has 3 rings (SSSR count). The third-order valence-electron chi connectivity index (χ3n) is 3.54. The summed E-state index contributed by atoms with van der Waals surface area (Å²) in [6, 6.07) is 18.8. The van der Waals surface area contributed by atoms with Gasteiger partial charge < -0.3 is 9.31 Å². The monoisotopic (exact) mass is 266 g/mol. The summed E-state index contributed by atoms with van der Waals surface area (Å²) in [6.45, 7) is 5.78. The van der Waals surface area contributed by atoms with Crippen LogP contribution >= 0.6 is 0 Å². The summed E-state index contributed by atoms with van der Waals surface area (Å²) >= 11 is 0. The van der Waals surface area contributed by atoms with Gasteiger partial charge in [0.25, 0.3) is 0 Å². The lowest BCUT2D eigenvalue weighted by molar-refractivity contribution is 0.0343. The normalized spacial score (nSPS) is 18.0. The van der Waals surface area contributed by atoms with Crippen molar-refractivity contribution < 1.29 is 9.31 Å². The van der Waals surface area contributed by atoms with Gasteiger partial charge in [0, 0.05) is 18.6 Å². The van der Waals surface area contributed by atoms with Gasteiger partial charge >= 0.3 is 7.12 Å². The van der Waals surface area contributed by atoms with E-state index >= 15 is 0 Å². The second kappa shape index (κ2) is 5.43. The molecule has 0 N–H and O–H groups in total. The molecule has 102 valence electrons. The highest BCUT2D eigenvalue weighted by Crippen LogP contribution is 2.22. The molecule has 0 saturated carbocycles. The Labute approximate surface area is 120 Å². The Hall–Kier alpha value is -1.58. The largest absolute Gasteiger partial charge is 0.493 e. The standard InChI is InChI=1S/C17H19BO2/c1-17(2)12-19-18(20-13-17)16-10-8-15(9-11-16)14-6-4-3-5-7-14/h3-11H,12-13H2,1-2H3. The molecule has 3 heteroatoms. The Morgan fingerprint density at radius 3 is 1.95 bits per heavy atom. The van der Waals surface area contributed by atoms with Gasteiger partial charge in [0.05, 0.1) is 0 Å². The van der Waals surface area contributed by atoms with E-state index in [1.54, 1.807) is 0 Å². The van der Waals surface area contributed by atoms with Crippen LogP contribution in [-0.2, 0) is 9.31 Å². The van der Waals surface area contributed by atoms with E-state index in [1.807, 2.05) is 6.07 Å². The Bertz CT molecular complexity index is 553. The van der Waals surface area contributed by atoms with Crippen LogP contribution in [0.25, 0.3) is 11.1 Å². The fourth-order valence-electron chi connectivity index (χ4n) is 2.35. The third kappa shape index (κ3) is 2.95. The number of hydrogen-bond acceptors (Lipinski definition) is 2. The van der Waals surface area contributed by atoms with Crippen molar-refractivity contribution in [3.8, 4) is 11.1 Å². The molecule has 20 heavy (non-hydrogen) atoms. The highest BCUT2D eigenvalue weighted by molar-refractivity contribution is 6.61. The zero-order chi connectivity index (χ0) is 14.0. The van der Waals surface area contributed by atoms with Crippen LogP contribution in [0.4, 0.5) is 0 Å². The van der Waals surface area contributed by atoms with Gasteiger partial charge in [-0.15, -0.1) is 0 Å². The Kier molecular flexibility index (Phi) is 3.64. The van der Waals surface area contributed by atoms with E-state index in [0.717, 1.165) is 18.7 Å². The maximum absolute atomic E-state index is 5.80. The van der Waals surface area contributed by atoms with Gasteiger partial charge in [-0.05, 0) is 16.6 Å². The van der Waals surface area contributed by atoms with E-state index in [1.165, 1.54) is 11.1 Å². The summed E-state index contributed by atoms with van der Waals surface area (Å²) in [5, 5.41) is 0. The average molecular weight is 266 g/mol. The van der Waals surface area contributed by atoms with Crippen molar-refractivity contribution in [1.29, 1.82) is 0 Å². The molecule has 0 unspecified atom stereocenters. The summed E-state index contributed by atoms with van der Waals surface area (Å²) in [4.78, 5) is 0. The van der Waals surface area contributed by atoms with Crippen molar-refractivity contribution in [2.45, 2.75) is 13.8 Å². The first-order chi connectivity index (χ1) is 9.64. The summed E-state index contributed by atoms with van der Waals surface area (Å²) in [7, 11) is -0.229. The minimum Gasteiger partial charge on any atom is -0.407 e. The predicted octanol–water partition coefficient (Wildman–Crippen LogP) is 3.12. The molecular formula is C17H19BO2. The van der Waals surface area contributed by atoms with Gasteiger partial charge in [0.15, 0.2) is 0 Å². The second-order valence-corrected chi connectivity index (χ2v) is 6.11. The first-order valence-electron chi connectivity index (χ1n) is 7.03. The topological polar surface area (TPSA) is 18.5 Å². The molecule has 0 atom stereocenters. The zero-order valence-electron chi connectivity index (χ0n) is 12.0. The predicted molar refractivity (Wildman–Crippen MR) is 83.0 cm³/mol. The van der Waals surface area contributed by atoms with Gasteiger partial charge in [-0.1, -0.05) is 68.4 Å². The van der Waals surface area contributed by atoms with Crippen LogP contribution in [0.2, 0.25) is 0 Å². The maximum Gasteiger partial charge on any atom is 0.493 e. The van der Waals surface area contributed by atoms with Crippen LogP contribution < -0.4 is 5.46 Å². The van der Waals surface area contributed by atoms with Crippen molar-refractivity contribution in [3.63, 3.8) is 0 Å². The molecule has 0 radical (unpaired) electrons. The lowest BCUT2D eigenvalue weighted by Crippen LogP contribution is -2.47. The smallest absolute Gasteiger partial charge is 0.407 e. The zero-order valence-corrected chi connectivity index (χ0v) is 12.0. The van der Waals surface area contributed by atoms with Crippen molar-refractivity contribution in [2.24, 2.45) is 5.41 Å². The van der Waals surface area contributed by atoms with Gasteiger partial charge in [0.2, 0.25) is 0 Å². The van der Waals surface area contributed by atoms with Crippen LogP contribution in [0, 0.1) is 5.41 Å². The SMILES string of the molecule is CC1(C)COB(c2ccc(-c3ccccc3)cc2)OC1. The van der Waals surface area contributed by atoms with E-state index in [-0.39, 0.29) is 12.5 Å². The van der Waals surface area contributed by atoms with Crippen LogP contribution in [0.5, 0.6) is 0 Å². The third-order valence-corrected chi connectivity index (χ3v) is 3.54. The molecule has 0 aliphatic carbocycles. The highest BCUT2D eigenvalue weighted by atomic mass is 16.6. The van der Waals surface area contributed by atoms with Crippen molar-refractivity contribution in [3.05, 3.63) is 54.6 Å². The average Bonchev–Trinajstić information content (AvgIpc) is 2.48. The molecule has 0 bridgehead atoms. The molecule has 1 saturated heterocycles. The second-order valence-electron chi connectivity index (χ2n) is 6.11. The highest BCUT2D eigenvalue weighted by Gasteiger charge is 2.33. The van der Waals surface area contributed by atoms with Crippen molar-refractivity contribution in [1.82, 2.24) is 0 Å². The quantitative estimate of drug-likeness (QED) is 0.777. The molecule has 2 aromatic carbocycles. The molecule has 0 spiro atoms. The number of hydrogen-bond donors (Lipinski definition) is 0. The first-order valence-corrected chi connectivity index (χ1v) is 7.03. The maximum atomic E-state index is 5.80. The lowest BCUT2D eigenvalue weighted by Gasteiger charge is -2.33. The van der Waals surface area contributed by atoms with Crippen LogP contribution in [0.15, 0.2) is 54.6 Å². The number of benzene rings is 2. The van der Waals surface area contributed by atoms with Gasteiger partial charge in [-0.2, -0.15) is 0 Å². The van der Waals surface area contributed by atoms with Crippen LogP contribution in [-0.4, -0.2) is 20.3 Å². The van der Waals surface area contributed by atoms with E-state index in [4.69, 9.17) is 9.31 Å². The summed E-state index contributed by atoms with van der Waals surface area (Å²) < 4.78 is 11.6. The fourth-order valence-corrected chi connectivity index (χ4v) is 2.35. The minimum atomic E-state index is -0.229. The van der Waals surface area contributed by atoms with E-state index in [2.05, 4.69) is 62.4 Å². The molecule has 2 aromatic rings.